The highest BCUT2D eigenvalue weighted by Gasteiger charge is 2.40. The monoisotopic (exact) mass is 537 g/mol. The third-order valence-corrected chi connectivity index (χ3v) is 6.04. The maximum atomic E-state index is 13.2. The van der Waals surface area contributed by atoms with Crippen LogP contribution in [-0.4, -0.2) is 89.4 Å². The molecule has 0 spiro atoms. The van der Waals surface area contributed by atoms with Gasteiger partial charge in [0.25, 0.3) is 0 Å². The molecule has 3 rings (SSSR count). The summed E-state index contributed by atoms with van der Waals surface area (Å²) < 4.78 is 29.6. The zero-order chi connectivity index (χ0) is 28.5. The van der Waals surface area contributed by atoms with Gasteiger partial charge in [-0.05, 0) is 42.4 Å². The number of halogens is 1. The normalized spacial score (nSPS) is 16.9. The van der Waals surface area contributed by atoms with E-state index in [1.165, 1.54) is 12.1 Å². The first-order valence-electron chi connectivity index (χ1n) is 11.5. The third kappa shape index (κ3) is 8.68. The van der Waals surface area contributed by atoms with Crippen LogP contribution in [0.3, 0.4) is 0 Å². The van der Waals surface area contributed by atoms with Crippen molar-refractivity contribution < 1.29 is 53.4 Å². The number of hydrogen-bond donors (Lipinski definition) is 4. The summed E-state index contributed by atoms with van der Waals surface area (Å²) in [4.78, 5) is 32.8. The predicted octanol–water partition coefficient (Wildman–Crippen LogP) is 2.21. The largest absolute Gasteiger partial charge is 0.497 e. The summed E-state index contributed by atoms with van der Waals surface area (Å²) in [6.07, 6.45) is -2.29. The topological polar surface area (TPSA) is 163 Å². The highest BCUT2D eigenvalue weighted by molar-refractivity contribution is 5.88. The maximum Gasteiger partial charge on any atom is 0.336 e. The lowest BCUT2D eigenvalue weighted by molar-refractivity contribution is -0.170. The molecule has 2 atom stereocenters. The number of methoxy groups -OCH3 is 2. The fraction of sp³-hybridized carbons (Fsp3) is 0.423. The molecular formula is C26H32FNO10. The molecule has 0 saturated carbocycles. The molecule has 12 heteroatoms. The molecule has 1 heterocycles. The number of carboxylic acids is 3. The standard InChI is InChI=1S/C20H24FNO3.C6H8O7/c1-22(11-14-8-17(23-2)10-18(9-14)24-3)20-13-25-12-19(20)15-4-6-16(21)7-5-15;7-3(8)1-6(13,5(11)12)2-4(9)10/h4-10,19-20H,11-13H2,1-3H3;13H,1-2H2,(H,7,8)(H,9,10)(H,11,12)/t19-,20+;/m0./s1. The SMILES string of the molecule is COc1cc(CN(C)[C@@H]2COC[C@H]2c2ccc(F)cc2)cc(OC)c1.O=C(O)CC(O)(CC(=O)O)C(=O)O. The molecule has 2 aromatic carbocycles. The fourth-order valence-electron chi connectivity index (χ4n) is 4.08. The van der Waals surface area contributed by atoms with Crippen molar-refractivity contribution in [2.75, 3.05) is 34.5 Å². The minimum absolute atomic E-state index is 0.212. The van der Waals surface area contributed by atoms with Crippen molar-refractivity contribution in [3.8, 4) is 11.5 Å². The molecule has 1 fully saturated rings. The van der Waals surface area contributed by atoms with Crippen molar-refractivity contribution in [2.45, 2.75) is 36.9 Å². The van der Waals surface area contributed by atoms with Crippen LogP contribution >= 0.6 is 0 Å². The van der Waals surface area contributed by atoms with Gasteiger partial charge in [0.05, 0.1) is 40.3 Å². The van der Waals surface area contributed by atoms with Gasteiger partial charge in [-0.25, -0.2) is 9.18 Å². The van der Waals surface area contributed by atoms with Gasteiger partial charge in [0.15, 0.2) is 5.60 Å². The molecule has 1 aliphatic rings. The molecule has 0 aromatic heterocycles. The van der Waals surface area contributed by atoms with E-state index in [1.807, 2.05) is 30.3 Å². The van der Waals surface area contributed by atoms with Gasteiger partial charge < -0.3 is 34.6 Å². The van der Waals surface area contributed by atoms with Crippen molar-refractivity contribution >= 4 is 17.9 Å². The van der Waals surface area contributed by atoms with Crippen LogP contribution in [0.5, 0.6) is 11.5 Å². The van der Waals surface area contributed by atoms with Crippen molar-refractivity contribution in [2.24, 2.45) is 0 Å². The number of carbonyl (C=O) groups is 3. The summed E-state index contributed by atoms with van der Waals surface area (Å²) >= 11 is 0. The van der Waals surface area contributed by atoms with Crippen molar-refractivity contribution in [3.63, 3.8) is 0 Å². The van der Waals surface area contributed by atoms with Gasteiger partial charge in [0, 0.05) is 24.6 Å². The summed E-state index contributed by atoms with van der Waals surface area (Å²) in [5, 5.41) is 33.8. The van der Waals surface area contributed by atoms with E-state index in [2.05, 4.69) is 11.9 Å². The van der Waals surface area contributed by atoms with Gasteiger partial charge in [0.2, 0.25) is 0 Å². The van der Waals surface area contributed by atoms with Gasteiger partial charge >= 0.3 is 17.9 Å². The van der Waals surface area contributed by atoms with Crippen LogP contribution in [0.1, 0.15) is 29.9 Å². The van der Waals surface area contributed by atoms with Gasteiger partial charge in [-0.15, -0.1) is 0 Å². The number of hydrogen-bond acceptors (Lipinski definition) is 8. The zero-order valence-corrected chi connectivity index (χ0v) is 21.3. The first-order chi connectivity index (χ1) is 17.9. The summed E-state index contributed by atoms with van der Waals surface area (Å²) in [7, 11) is 5.39. The highest BCUT2D eigenvalue weighted by atomic mass is 19.1. The van der Waals surface area contributed by atoms with Crippen molar-refractivity contribution in [1.82, 2.24) is 4.90 Å². The van der Waals surface area contributed by atoms with Gasteiger partial charge in [-0.1, -0.05) is 12.1 Å². The highest BCUT2D eigenvalue weighted by Crippen LogP contribution is 2.31. The third-order valence-electron chi connectivity index (χ3n) is 6.04. The van der Waals surface area contributed by atoms with E-state index in [1.54, 1.807) is 14.2 Å². The predicted molar refractivity (Wildman–Crippen MR) is 132 cm³/mol. The molecule has 2 aromatic rings. The van der Waals surface area contributed by atoms with E-state index in [-0.39, 0.29) is 17.8 Å². The fourth-order valence-corrected chi connectivity index (χ4v) is 4.08. The molecule has 0 unspecified atom stereocenters. The lowest BCUT2D eigenvalue weighted by Gasteiger charge is -2.28. The second-order valence-corrected chi connectivity index (χ2v) is 8.88. The van der Waals surface area contributed by atoms with Crippen LogP contribution < -0.4 is 9.47 Å². The Morgan fingerprint density at radius 2 is 1.50 bits per heavy atom. The maximum absolute atomic E-state index is 13.2. The Morgan fingerprint density at radius 3 is 1.95 bits per heavy atom. The Bertz CT molecular complexity index is 1070. The summed E-state index contributed by atoms with van der Waals surface area (Å²) in [5.41, 5.74) is -0.514. The van der Waals surface area contributed by atoms with Gasteiger partial charge in [-0.2, -0.15) is 0 Å². The number of nitrogens with zero attached hydrogens (tertiary/aromatic N) is 1. The zero-order valence-electron chi connectivity index (χ0n) is 21.3. The number of ether oxygens (including phenoxy) is 3. The Kier molecular flexibility index (Phi) is 11.0. The number of rotatable bonds is 11. The number of aliphatic hydroxyl groups is 1. The summed E-state index contributed by atoms with van der Waals surface area (Å²) in [6, 6.07) is 12.9. The van der Waals surface area contributed by atoms with Gasteiger partial charge in [-0.3, -0.25) is 14.5 Å². The Balaban J connectivity index is 0.000000332. The molecule has 1 saturated heterocycles. The molecule has 4 N–H and O–H groups in total. The van der Waals surface area contributed by atoms with Crippen molar-refractivity contribution in [1.29, 1.82) is 0 Å². The molecule has 0 aliphatic carbocycles. The summed E-state index contributed by atoms with van der Waals surface area (Å²) in [6.45, 7) is 2.07. The molecule has 0 radical (unpaired) electrons. The quantitative estimate of drug-likeness (QED) is 0.332. The number of benzene rings is 2. The molecule has 1 aliphatic heterocycles. The van der Waals surface area contributed by atoms with Gasteiger partial charge in [0.1, 0.15) is 17.3 Å². The average molecular weight is 538 g/mol. The first kappa shape index (κ1) is 30.5. The molecule has 11 nitrogen and oxygen atoms in total. The van der Waals surface area contributed by atoms with E-state index in [0.29, 0.717) is 13.2 Å². The molecule has 38 heavy (non-hydrogen) atoms. The Hall–Kier alpha value is -3.74. The van der Waals surface area contributed by atoms with E-state index in [4.69, 9.17) is 34.6 Å². The van der Waals surface area contributed by atoms with E-state index in [0.717, 1.165) is 29.2 Å². The van der Waals surface area contributed by atoms with Crippen LogP contribution in [0.2, 0.25) is 0 Å². The van der Waals surface area contributed by atoms with E-state index >= 15 is 0 Å². The van der Waals surface area contributed by atoms with Crippen LogP contribution in [-0.2, 0) is 25.7 Å². The second kappa shape index (κ2) is 13.7. The number of likely N-dealkylation sites (N-methyl/N-ethyl adjacent to an activating group) is 1. The second-order valence-electron chi connectivity index (χ2n) is 8.88. The number of aliphatic carboxylic acids is 3. The summed E-state index contributed by atoms with van der Waals surface area (Å²) in [5.74, 6) is -3.44. The van der Waals surface area contributed by atoms with E-state index in [9.17, 15) is 18.8 Å². The molecular weight excluding hydrogens is 505 g/mol. The van der Waals surface area contributed by atoms with E-state index < -0.39 is 36.4 Å². The van der Waals surface area contributed by atoms with Crippen LogP contribution in [0, 0.1) is 5.82 Å². The minimum Gasteiger partial charge on any atom is -0.497 e. The van der Waals surface area contributed by atoms with Crippen LogP contribution in [0.15, 0.2) is 42.5 Å². The Labute approximate surface area is 219 Å². The lowest BCUT2D eigenvalue weighted by atomic mass is 9.93. The first-order valence-corrected chi connectivity index (χ1v) is 11.5. The molecule has 0 bridgehead atoms. The smallest absolute Gasteiger partial charge is 0.336 e. The molecule has 0 amide bonds. The van der Waals surface area contributed by atoms with Crippen LogP contribution in [0.4, 0.5) is 4.39 Å². The molecule has 208 valence electrons. The van der Waals surface area contributed by atoms with Crippen molar-refractivity contribution in [3.05, 3.63) is 59.4 Å². The number of carboxylic acid groups (broad SMARTS) is 3. The minimum atomic E-state index is -2.74. The lowest BCUT2D eigenvalue weighted by Crippen LogP contribution is -2.42. The average Bonchev–Trinajstić information content (AvgIpc) is 3.33. The Morgan fingerprint density at radius 1 is 0.974 bits per heavy atom. The van der Waals surface area contributed by atoms with Crippen LogP contribution in [0.25, 0.3) is 0 Å².